The van der Waals surface area contributed by atoms with Gasteiger partial charge in [0.25, 0.3) is 5.91 Å². The van der Waals surface area contributed by atoms with Crippen molar-refractivity contribution in [1.82, 2.24) is 4.72 Å². The van der Waals surface area contributed by atoms with E-state index >= 15 is 0 Å². The van der Waals surface area contributed by atoms with Crippen LogP contribution in [0.15, 0.2) is 47.4 Å². The van der Waals surface area contributed by atoms with Gasteiger partial charge in [-0.3, -0.25) is 4.79 Å². The fourth-order valence-electron chi connectivity index (χ4n) is 2.29. The molecule has 156 valence electrons. The van der Waals surface area contributed by atoms with E-state index in [-0.39, 0.29) is 22.2 Å². The second-order valence-electron chi connectivity index (χ2n) is 6.57. The Labute approximate surface area is 174 Å². The number of carbonyl (C=O) groups excluding carboxylic acids is 2. The fourth-order valence-corrected chi connectivity index (χ4v) is 3.66. The molecule has 1 amide bonds. The Kier molecular flexibility index (Phi) is 7.23. The molecule has 0 radical (unpaired) electrons. The first-order chi connectivity index (χ1) is 13.5. The number of amides is 1. The highest BCUT2D eigenvalue weighted by Crippen LogP contribution is 2.20. The third-order valence-corrected chi connectivity index (χ3v) is 5.73. The second-order valence-corrected chi connectivity index (χ2v) is 8.69. The van der Waals surface area contributed by atoms with Crippen molar-refractivity contribution in [3.8, 4) is 0 Å². The Morgan fingerprint density at radius 3 is 2.24 bits per heavy atom. The molecule has 0 heterocycles. The standard InChI is InChI=1S/C19H22ClN3O5S/c1-11(2)23-29(26,27)15-7-5-14(6-8-15)22-18(24)12(3)28-19(25)13-4-9-16(20)17(21)10-13/h4-12,23H,21H2,1-3H3,(H,22,24)/t12-/m0/s1. The van der Waals surface area contributed by atoms with Crippen LogP contribution in [0.25, 0.3) is 0 Å². The van der Waals surface area contributed by atoms with E-state index in [0.29, 0.717) is 10.7 Å². The lowest BCUT2D eigenvalue weighted by Crippen LogP contribution is -2.30. The van der Waals surface area contributed by atoms with Crippen molar-refractivity contribution < 1.29 is 22.7 Å². The van der Waals surface area contributed by atoms with Gasteiger partial charge in [0.2, 0.25) is 10.0 Å². The van der Waals surface area contributed by atoms with E-state index in [1.165, 1.54) is 49.4 Å². The van der Waals surface area contributed by atoms with Gasteiger partial charge in [-0.05, 0) is 63.2 Å². The largest absolute Gasteiger partial charge is 0.449 e. The summed E-state index contributed by atoms with van der Waals surface area (Å²) in [6.45, 7) is 4.85. The quantitative estimate of drug-likeness (QED) is 0.449. The van der Waals surface area contributed by atoms with E-state index in [4.69, 9.17) is 22.1 Å². The van der Waals surface area contributed by atoms with E-state index in [0.717, 1.165) is 0 Å². The normalized spacial score (nSPS) is 12.4. The number of nitrogen functional groups attached to an aromatic ring is 1. The van der Waals surface area contributed by atoms with Crippen LogP contribution in [0.2, 0.25) is 5.02 Å². The first-order valence-corrected chi connectivity index (χ1v) is 10.5. The summed E-state index contributed by atoms with van der Waals surface area (Å²) in [4.78, 5) is 24.5. The van der Waals surface area contributed by atoms with Crippen LogP contribution in [0.1, 0.15) is 31.1 Å². The van der Waals surface area contributed by atoms with Crippen molar-refractivity contribution in [2.45, 2.75) is 37.8 Å². The second kappa shape index (κ2) is 9.25. The van der Waals surface area contributed by atoms with Crippen molar-refractivity contribution in [3.05, 3.63) is 53.1 Å². The Balaban J connectivity index is 2.00. The predicted molar refractivity (Wildman–Crippen MR) is 111 cm³/mol. The van der Waals surface area contributed by atoms with Gasteiger partial charge in [0.05, 0.1) is 21.2 Å². The van der Waals surface area contributed by atoms with Crippen molar-refractivity contribution in [2.24, 2.45) is 0 Å². The number of carbonyl (C=O) groups is 2. The monoisotopic (exact) mass is 439 g/mol. The Morgan fingerprint density at radius 2 is 1.69 bits per heavy atom. The number of hydrogen-bond donors (Lipinski definition) is 3. The number of halogens is 1. The third kappa shape index (κ3) is 6.18. The third-order valence-electron chi connectivity index (χ3n) is 3.71. The lowest BCUT2D eigenvalue weighted by molar-refractivity contribution is -0.123. The minimum Gasteiger partial charge on any atom is -0.449 e. The number of anilines is 2. The zero-order chi connectivity index (χ0) is 21.8. The maximum Gasteiger partial charge on any atom is 0.338 e. The van der Waals surface area contributed by atoms with Crippen LogP contribution in [0.3, 0.4) is 0 Å². The topological polar surface area (TPSA) is 128 Å². The highest BCUT2D eigenvalue weighted by atomic mass is 35.5. The highest BCUT2D eigenvalue weighted by molar-refractivity contribution is 7.89. The summed E-state index contributed by atoms with van der Waals surface area (Å²) in [7, 11) is -3.63. The van der Waals surface area contributed by atoms with Gasteiger partial charge < -0.3 is 15.8 Å². The zero-order valence-corrected chi connectivity index (χ0v) is 17.7. The summed E-state index contributed by atoms with van der Waals surface area (Å²) in [5.74, 6) is -1.30. The molecule has 10 heteroatoms. The molecule has 0 fully saturated rings. The van der Waals surface area contributed by atoms with Crippen LogP contribution in [0.4, 0.5) is 11.4 Å². The Morgan fingerprint density at radius 1 is 1.07 bits per heavy atom. The number of hydrogen-bond acceptors (Lipinski definition) is 6. The SMILES string of the molecule is CC(C)NS(=O)(=O)c1ccc(NC(=O)[C@H](C)OC(=O)c2ccc(Cl)c(N)c2)cc1. The van der Waals surface area contributed by atoms with Gasteiger partial charge in [-0.1, -0.05) is 11.6 Å². The molecule has 1 atom stereocenters. The van der Waals surface area contributed by atoms with Gasteiger partial charge in [-0.25, -0.2) is 17.9 Å². The van der Waals surface area contributed by atoms with Crippen LogP contribution in [-0.2, 0) is 19.6 Å². The van der Waals surface area contributed by atoms with Crippen LogP contribution in [0.5, 0.6) is 0 Å². The van der Waals surface area contributed by atoms with Crippen LogP contribution in [-0.4, -0.2) is 32.4 Å². The molecule has 0 saturated carbocycles. The molecule has 0 bridgehead atoms. The molecular formula is C19H22ClN3O5S. The van der Waals surface area contributed by atoms with Gasteiger partial charge in [-0.2, -0.15) is 0 Å². The predicted octanol–water partition coefficient (Wildman–Crippen LogP) is 2.79. The van der Waals surface area contributed by atoms with E-state index in [1.54, 1.807) is 13.8 Å². The molecule has 0 unspecified atom stereocenters. The smallest absolute Gasteiger partial charge is 0.338 e. The molecule has 2 aromatic carbocycles. The fraction of sp³-hybridized carbons (Fsp3) is 0.263. The van der Waals surface area contributed by atoms with E-state index in [9.17, 15) is 18.0 Å². The lowest BCUT2D eigenvalue weighted by atomic mass is 10.2. The van der Waals surface area contributed by atoms with Gasteiger partial charge in [0, 0.05) is 11.7 Å². The molecule has 29 heavy (non-hydrogen) atoms. The molecule has 0 aliphatic heterocycles. The Bertz CT molecular complexity index is 1010. The maximum absolute atomic E-state index is 12.3. The van der Waals surface area contributed by atoms with Crippen LogP contribution < -0.4 is 15.8 Å². The number of nitrogens with one attached hydrogen (secondary N) is 2. The minimum absolute atomic E-state index is 0.0732. The van der Waals surface area contributed by atoms with Gasteiger partial charge in [0.1, 0.15) is 0 Å². The highest BCUT2D eigenvalue weighted by Gasteiger charge is 2.20. The molecule has 0 saturated heterocycles. The summed E-state index contributed by atoms with van der Waals surface area (Å²) >= 11 is 5.81. The van der Waals surface area contributed by atoms with E-state index < -0.39 is 28.0 Å². The number of ether oxygens (including phenoxy) is 1. The van der Waals surface area contributed by atoms with Crippen molar-refractivity contribution >= 4 is 44.9 Å². The maximum atomic E-state index is 12.3. The first-order valence-electron chi connectivity index (χ1n) is 8.69. The molecular weight excluding hydrogens is 418 g/mol. The number of rotatable bonds is 7. The molecule has 0 aliphatic carbocycles. The number of sulfonamides is 1. The molecule has 2 rings (SSSR count). The summed E-state index contributed by atoms with van der Waals surface area (Å²) < 4.78 is 31.8. The van der Waals surface area contributed by atoms with Gasteiger partial charge in [0.15, 0.2) is 6.10 Å². The molecule has 4 N–H and O–H groups in total. The Hall–Kier alpha value is -2.62. The molecule has 0 aliphatic rings. The minimum atomic E-state index is -3.63. The van der Waals surface area contributed by atoms with E-state index in [1.807, 2.05) is 0 Å². The number of esters is 1. The van der Waals surface area contributed by atoms with Crippen molar-refractivity contribution in [3.63, 3.8) is 0 Å². The summed E-state index contributed by atoms with van der Waals surface area (Å²) in [6, 6.07) is 9.65. The first kappa shape index (κ1) is 22.7. The average Bonchev–Trinajstić information content (AvgIpc) is 2.63. The summed E-state index contributed by atoms with van der Waals surface area (Å²) in [5, 5.41) is 2.87. The summed E-state index contributed by atoms with van der Waals surface area (Å²) in [6.07, 6.45) is -1.09. The average molecular weight is 440 g/mol. The number of benzene rings is 2. The van der Waals surface area contributed by atoms with Crippen LogP contribution in [0, 0.1) is 0 Å². The lowest BCUT2D eigenvalue weighted by Gasteiger charge is -2.14. The van der Waals surface area contributed by atoms with Gasteiger partial charge >= 0.3 is 5.97 Å². The number of nitrogens with two attached hydrogens (primary N) is 1. The van der Waals surface area contributed by atoms with E-state index in [2.05, 4.69) is 10.0 Å². The molecule has 2 aromatic rings. The molecule has 8 nitrogen and oxygen atoms in total. The molecule has 0 aromatic heterocycles. The van der Waals surface area contributed by atoms with Gasteiger partial charge in [-0.15, -0.1) is 0 Å². The summed E-state index contributed by atoms with van der Waals surface area (Å²) in [5.41, 5.74) is 6.40. The van der Waals surface area contributed by atoms with Crippen molar-refractivity contribution in [2.75, 3.05) is 11.1 Å². The van der Waals surface area contributed by atoms with Crippen molar-refractivity contribution in [1.29, 1.82) is 0 Å². The zero-order valence-electron chi connectivity index (χ0n) is 16.1. The van der Waals surface area contributed by atoms with Crippen LogP contribution >= 0.6 is 11.6 Å². The molecule has 0 spiro atoms.